The summed E-state index contributed by atoms with van der Waals surface area (Å²) in [5.41, 5.74) is 2.89. The van der Waals surface area contributed by atoms with E-state index in [2.05, 4.69) is 43.7 Å². The molecular weight excluding hydrogens is 724 g/mol. The van der Waals surface area contributed by atoms with Crippen molar-refractivity contribution in [1.82, 2.24) is 14.5 Å². The standard InChI is InChI=1S/C42H57ClN4O6S/c1-4-39-29(2)7-5-16-42(51-3,27-45-17-18-46-19-20-52-25-34(46)24-45)36-12-9-32(36)23-47-26-41(15-6-8-30-21-33(43)11-13-35(30)41)28-53-38-14-10-31(22-37(38)47)40(48)44-54(39,49)50/h5,10-11,13-14,16,21-22,29,32,34,36,39H,4,6-9,12,15,17-20,23-28H2,1-3H3,(H,44,48)/b16-5+/t29-,32-,34-,36+,39-,41-,42-/m0/s1. The first-order chi connectivity index (χ1) is 26.0. The molecule has 12 heteroatoms. The molecule has 2 aromatic rings. The third-order valence-electron chi connectivity index (χ3n) is 13.8. The number of carbonyl (C=O) groups excluding carboxylic acids is 1. The molecule has 2 aromatic carbocycles. The molecule has 4 heterocycles. The van der Waals surface area contributed by atoms with Crippen LogP contribution in [0.15, 0.2) is 48.6 Å². The first-order valence-electron chi connectivity index (χ1n) is 20.2. The molecule has 10 nitrogen and oxygen atoms in total. The van der Waals surface area contributed by atoms with Gasteiger partial charge in [-0.2, -0.15) is 0 Å². The van der Waals surface area contributed by atoms with Gasteiger partial charge in [0, 0.05) is 75.0 Å². The fourth-order valence-electron chi connectivity index (χ4n) is 10.7. The molecule has 1 spiro atoms. The van der Waals surface area contributed by atoms with E-state index in [0.717, 1.165) is 108 Å². The average molecular weight is 781 g/mol. The number of nitrogens with zero attached hydrogens (tertiary/aromatic N) is 3. The van der Waals surface area contributed by atoms with Crippen LogP contribution in [0.25, 0.3) is 0 Å². The van der Waals surface area contributed by atoms with Gasteiger partial charge < -0.3 is 19.1 Å². The minimum atomic E-state index is -3.97. The lowest BCUT2D eigenvalue weighted by Gasteiger charge is -2.53. The largest absolute Gasteiger partial charge is 0.490 e. The first kappa shape index (κ1) is 38.2. The number of sulfonamides is 1. The summed E-state index contributed by atoms with van der Waals surface area (Å²) in [6, 6.07) is 12.1. The SMILES string of the molecule is CC[C@H]1[C@@H](C)C/C=C/[C@@](CN2CCN3CCOC[C@@H]3C2)(OC)[C@@H]2CC[C@H]2CN2C[C@@]3(CCCc4cc(Cl)ccc43)COc3ccc(cc32)C(=O)NS1(=O)=O. The molecular formula is C42H57ClN4O6S. The maximum absolute atomic E-state index is 13.9. The Labute approximate surface area is 326 Å². The zero-order valence-corrected chi connectivity index (χ0v) is 33.7. The number of rotatable bonds is 4. The monoisotopic (exact) mass is 780 g/mol. The Hall–Kier alpha value is -2.67. The minimum absolute atomic E-state index is 0.209. The van der Waals surface area contributed by atoms with Crippen molar-refractivity contribution in [3.05, 3.63) is 70.3 Å². The normalized spacial score (nSPS) is 35.0. The van der Waals surface area contributed by atoms with E-state index in [0.29, 0.717) is 37.0 Å². The van der Waals surface area contributed by atoms with Gasteiger partial charge in [-0.15, -0.1) is 0 Å². The van der Waals surface area contributed by atoms with E-state index in [1.807, 2.05) is 39.2 Å². The molecule has 0 unspecified atom stereocenters. The van der Waals surface area contributed by atoms with Crippen LogP contribution >= 0.6 is 11.6 Å². The van der Waals surface area contributed by atoms with Crippen LogP contribution < -0.4 is 14.4 Å². The molecule has 2 bridgehead atoms. The summed E-state index contributed by atoms with van der Waals surface area (Å²) >= 11 is 6.52. The molecule has 0 aromatic heterocycles. The average Bonchev–Trinajstić information content (AvgIpc) is 3.29. The van der Waals surface area contributed by atoms with Crippen LogP contribution in [-0.4, -0.2) is 114 Å². The number of allylic oxidation sites excluding steroid dienone is 1. The Morgan fingerprint density at radius 2 is 1.96 bits per heavy atom. The second kappa shape index (κ2) is 15.3. The number of benzene rings is 2. The molecule has 2 saturated heterocycles. The van der Waals surface area contributed by atoms with Crippen molar-refractivity contribution in [1.29, 1.82) is 0 Å². The number of hydrogen-bond acceptors (Lipinski definition) is 9. The molecule has 6 aliphatic rings. The molecule has 294 valence electrons. The fraction of sp³-hybridized carbons (Fsp3) is 0.643. The van der Waals surface area contributed by atoms with Crippen molar-refractivity contribution >= 4 is 33.2 Å². The minimum Gasteiger partial charge on any atom is -0.490 e. The van der Waals surface area contributed by atoms with Gasteiger partial charge in [0.1, 0.15) is 11.4 Å². The molecule has 8 rings (SSSR count). The number of ether oxygens (including phenoxy) is 3. The first-order valence-corrected chi connectivity index (χ1v) is 22.1. The Balaban J connectivity index is 1.19. The van der Waals surface area contributed by atoms with Crippen molar-refractivity contribution < 1.29 is 27.4 Å². The highest BCUT2D eigenvalue weighted by Gasteiger charge is 2.50. The molecule has 0 radical (unpaired) electrons. The summed E-state index contributed by atoms with van der Waals surface area (Å²) in [4.78, 5) is 21.3. The Morgan fingerprint density at radius 1 is 1.09 bits per heavy atom. The van der Waals surface area contributed by atoms with Gasteiger partial charge in [0.15, 0.2) is 0 Å². The molecule has 4 aliphatic heterocycles. The van der Waals surface area contributed by atoms with Gasteiger partial charge in [-0.25, -0.2) is 13.1 Å². The van der Waals surface area contributed by atoms with Crippen LogP contribution in [0.5, 0.6) is 5.75 Å². The zero-order valence-electron chi connectivity index (χ0n) is 32.1. The van der Waals surface area contributed by atoms with Crippen molar-refractivity contribution in [3.8, 4) is 5.75 Å². The number of hydrogen-bond donors (Lipinski definition) is 1. The number of aryl methyl sites for hydroxylation is 1. The van der Waals surface area contributed by atoms with Crippen LogP contribution in [0, 0.1) is 17.8 Å². The van der Waals surface area contributed by atoms with Gasteiger partial charge >= 0.3 is 0 Å². The summed E-state index contributed by atoms with van der Waals surface area (Å²) in [7, 11) is -2.11. The second-order valence-electron chi connectivity index (χ2n) is 16.9. The highest BCUT2D eigenvalue weighted by Crippen LogP contribution is 2.49. The second-order valence-corrected chi connectivity index (χ2v) is 19.3. The number of amides is 1. The highest BCUT2D eigenvalue weighted by molar-refractivity contribution is 7.90. The van der Waals surface area contributed by atoms with Crippen LogP contribution in [-0.2, 0) is 31.3 Å². The van der Waals surface area contributed by atoms with E-state index in [-0.39, 0.29) is 17.3 Å². The van der Waals surface area contributed by atoms with E-state index < -0.39 is 26.8 Å². The number of nitrogens with one attached hydrogen (secondary N) is 1. The molecule has 3 fully saturated rings. The molecule has 1 saturated carbocycles. The lowest BCUT2D eigenvalue weighted by Crippen LogP contribution is -2.62. The van der Waals surface area contributed by atoms with Gasteiger partial charge in [0.25, 0.3) is 5.91 Å². The molecule has 1 amide bonds. The number of morpholine rings is 1. The van der Waals surface area contributed by atoms with E-state index in [1.54, 1.807) is 6.07 Å². The topological polar surface area (TPSA) is 101 Å². The van der Waals surface area contributed by atoms with Crippen LogP contribution in [0.1, 0.15) is 73.9 Å². The van der Waals surface area contributed by atoms with Gasteiger partial charge in [0.05, 0.1) is 30.8 Å². The fourth-order valence-corrected chi connectivity index (χ4v) is 12.6. The van der Waals surface area contributed by atoms with Crippen LogP contribution in [0.3, 0.4) is 0 Å². The molecule has 7 atom stereocenters. The number of anilines is 1. The third kappa shape index (κ3) is 7.22. The van der Waals surface area contributed by atoms with Crippen molar-refractivity contribution in [2.75, 3.05) is 77.6 Å². The number of methoxy groups -OCH3 is 1. The lowest BCUT2D eigenvalue weighted by atomic mass is 9.63. The Bertz CT molecular complexity index is 1860. The van der Waals surface area contributed by atoms with Gasteiger partial charge in [-0.3, -0.25) is 14.6 Å². The molecule has 2 aliphatic carbocycles. The predicted octanol–water partition coefficient (Wildman–Crippen LogP) is 5.68. The predicted molar refractivity (Wildman–Crippen MR) is 212 cm³/mol. The van der Waals surface area contributed by atoms with Gasteiger partial charge in [0.2, 0.25) is 10.0 Å². The molecule has 54 heavy (non-hydrogen) atoms. The Kier molecular flexibility index (Phi) is 10.9. The van der Waals surface area contributed by atoms with Crippen molar-refractivity contribution in [2.24, 2.45) is 17.8 Å². The van der Waals surface area contributed by atoms with Gasteiger partial charge in [-0.1, -0.05) is 43.7 Å². The van der Waals surface area contributed by atoms with E-state index in [1.165, 1.54) is 11.1 Å². The van der Waals surface area contributed by atoms with Crippen molar-refractivity contribution in [2.45, 2.75) is 81.1 Å². The van der Waals surface area contributed by atoms with Crippen LogP contribution in [0.4, 0.5) is 5.69 Å². The number of piperazine rings is 1. The van der Waals surface area contributed by atoms with E-state index >= 15 is 0 Å². The summed E-state index contributed by atoms with van der Waals surface area (Å²) in [5, 5.41) is 0.0184. The van der Waals surface area contributed by atoms with Gasteiger partial charge in [-0.05, 0) is 104 Å². The number of fused-ring (bicyclic) bond motifs is 5. The summed E-state index contributed by atoms with van der Waals surface area (Å²) in [6.07, 6.45) is 10.5. The maximum atomic E-state index is 13.9. The van der Waals surface area contributed by atoms with E-state index in [9.17, 15) is 13.2 Å². The van der Waals surface area contributed by atoms with Crippen LogP contribution in [0.2, 0.25) is 5.02 Å². The van der Waals surface area contributed by atoms with Crippen molar-refractivity contribution in [3.63, 3.8) is 0 Å². The summed E-state index contributed by atoms with van der Waals surface area (Å²) in [6.45, 7) is 12.1. The highest BCUT2D eigenvalue weighted by atomic mass is 35.5. The maximum Gasteiger partial charge on any atom is 0.264 e. The summed E-state index contributed by atoms with van der Waals surface area (Å²) < 4.78 is 49.5. The molecule has 1 N–H and O–H groups in total. The Morgan fingerprint density at radius 3 is 2.76 bits per heavy atom. The zero-order chi connectivity index (χ0) is 37.7. The third-order valence-corrected chi connectivity index (χ3v) is 16.1. The number of halogens is 1. The quantitative estimate of drug-likeness (QED) is 0.394. The lowest BCUT2D eigenvalue weighted by molar-refractivity contribution is -0.108. The smallest absolute Gasteiger partial charge is 0.264 e. The summed E-state index contributed by atoms with van der Waals surface area (Å²) in [5.74, 6) is 0.484. The van der Waals surface area contributed by atoms with E-state index in [4.69, 9.17) is 25.8 Å². The number of carbonyl (C=O) groups is 1.